The van der Waals surface area contributed by atoms with Crippen LogP contribution in [0.5, 0.6) is 0 Å². The topological polar surface area (TPSA) is 155 Å². The van der Waals surface area contributed by atoms with Crippen molar-refractivity contribution < 1.29 is 16.8 Å². The van der Waals surface area contributed by atoms with Crippen LogP contribution in [0.3, 0.4) is 0 Å². The average molecular weight is 570 g/mol. The molecule has 0 spiro atoms. The summed E-state index contributed by atoms with van der Waals surface area (Å²) in [7, 11) is 0.0675. The Morgan fingerprint density at radius 3 is 1.00 bits per heavy atom. The van der Waals surface area contributed by atoms with Gasteiger partial charge in [-0.2, -0.15) is 0 Å². The van der Waals surface area contributed by atoms with E-state index in [1.165, 1.54) is 66.2 Å². The van der Waals surface area contributed by atoms with Crippen LogP contribution in [-0.4, -0.2) is 46.3 Å². The Balaban J connectivity index is -0.000000195. The predicted molar refractivity (Wildman–Crippen MR) is 158 cm³/mol. The van der Waals surface area contributed by atoms with Crippen LogP contribution in [0.4, 0.5) is 0 Å². The fourth-order valence-electron chi connectivity index (χ4n) is 2.23. The van der Waals surface area contributed by atoms with E-state index in [0.717, 1.165) is 0 Å². The van der Waals surface area contributed by atoms with E-state index < -0.39 is 0 Å². The molecule has 1 heterocycles. The number of aromatic nitrogens is 1. The standard InChI is InChI=1S/C12H27P.C5H5N.2C4H8N2O2.Co/c1-4-7-10-13(11-8-5-2)12-9-6-3;1-2-4-6-5-3-1;2*1-3(5-7)4(2)6-8;/h4-12H2,1-3H3;1-5H;2*7-8H,1-2H3;/p-3. The van der Waals surface area contributed by atoms with Crippen molar-refractivity contribution >= 4 is 30.8 Å². The van der Waals surface area contributed by atoms with Gasteiger partial charge in [-0.3, -0.25) is 4.98 Å². The van der Waals surface area contributed by atoms with Gasteiger partial charge in [0.2, 0.25) is 0 Å². The molecule has 1 rings (SSSR count). The number of pyridine rings is 1. The van der Waals surface area contributed by atoms with E-state index in [-0.39, 0.29) is 47.5 Å². The first-order valence-electron chi connectivity index (χ1n) is 12.2. The van der Waals surface area contributed by atoms with Crippen LogP contribution in [0.2, 0.25) is 0 Å². The minimum atomic E-state index is 0. The van der Waals surface area contributed by atoms with E-state index >= 15 is 0 Å². The third-order valence-electron chi connectivity index (χ3n) is 4.81. The first-order chi connectivity index (χ1) is 16.8. The Morgan fingerprint density at radius 2 is 0.861 bits per heavy atom. The SMILES string of the molecule is CC(=N[O-])C(C)=N[O-].CC(=N[O-])C(C)=N[O-].CCCC[PH+](CCCC)CCCC.[Co].c1ccncc1. The first kappa shape index (κ1) is 41.1. The van der Waals surface area contributed by atoms with Crippen molar-refractivity contribution in [1.82, 2.24) is 4.98 Å². The molecule has 1 aromatic heterocycles. The van der Waals surface area contributed by atoms with Crippen LogP contribution in [0.1, 0.15) is 87.0 Å². The van der Waals surface area contributed by atoms with Crippen molar-refractivity contribution in [2.75, 3.05) is 18.5 Å². The molecule has 0 amide bonds. The second-order valence-corrected chi connectivity index (χ2v) is 10.8. The maximum atomic E-state index is 9.60. The summed E-state index contributed by atoms with van der Waals surface area (Å²) in [6.45, 7) is 12.7. The smallest absolute Gasteiger partial charge is 0.0571 e. The molecular weight excluding hydrogens is 524 g/mol. The summed E-state index contributed by atoms with van der Waals surface area (Å²) in [6, 6.07) is 5.72. The summed E-state index contributed by atoms with van der Waals surface area (Å²) in [6.07, 6.45) is 16.9. The molecule has 11 heteroatoms. The van der Waals surface area contributed by atoms with Crippen LogP contribution < -0.4 is 0 Å². The minimum absolute atomic E-state index is 0. The van der Waals surface area contributed by atoms with Crippen LogP contribution >= 0.6 is 7.92 Å². The molecule has 0 unspecified atom stereocenters. The molecule has 0 aliphatic heterocycles. The fraction of sp³-hybridized carbons (Fsp3) is 0.640. The third kappa shape index (κ3) is 30.0. The van der Waals surface area contributed by atoms with E-state index in [2.05, 4.69) is 46.4 Å². The van der Waals surface area contributed by atoms with Gasteiger partial charge in [0.05, 0.1) is 18.5 Å². The molecule has 1 radical (unpaired) electrons. The number of rotatable bonds is 11. The van der Waals surface area contributed by atoms with Gasteiger partial charge in [0.25, 0.3) is 0 Å². The summed E-state index contributed by atoms with van der Waals surface area (Å²) in [5, 5.41) is 48.4. The quantitative estimate of drug-likeness (QED) is 0.153. The number of hydrogen-bond donors (Lipinski definition) is 0. The Hall–Kier alpha value is -2.03. The van der Waals surface area contributed by atoms with Crippen LogP contribution in [0.25, 0.3) is 0 Å². The van der Waals surface area contributed by atoms with Gasteiger partial charge in [-0.25, -0.2) is 0 Å². The molecule has 0 aliphatic carbocycles. The fourth-order valence-corrected chi connectivity index (χ4v) is 5.54. The molecule has 211 valence electrons. The predicted octanol–water partition coefficient (Wildman–Crippen LogP) is 7.49. The van der Waals surface area contributed by atoms with Gasteiger partial charge in [-0.05, 0) is 59.1 Å². The van der Waals surface area contributed by atoms with Crippen molar-refractivity contribution in [2.45, 2.75) is 87.0 Å². The molecule has 0 saturated carbocycles. The molecule has 0 atom stereocenters. The zero-order valence-electron chi connectivity index (χ0n) is 23.0. The summed E-state index contributed by atoms with van der Waals surface area (Å²) in [5.41, 5.74) is 0.556. The van der Waals surface area contributed by atoms with Crippen molar-refractivity contribution in [1.29, 1.82) is 0 Å². The third-order valence-corrected chi connectivity index (χ3v) is 8.00. The molecule has 0 fully saturated rings. The first-order valence-corrected chi connectivity index (χ1v) is 14.3. The maximum Gasteiger partial charge on any atom is 0.0571 e. The number of unbranched alkanes of at least 4 members (excludes halogenated alkanes) is 3. The second kappa shape index (κ2) is 33.0. The Bertz CT molecular complexity index is 595. The molecule has 0 bridgehead atoms. The van der Waals surface area contributed by atoms with Crippen LogP contribution in [0, 0.1) is 20.8 Å². The molecule has 9 nitrogen and oxygen atoms in total. The van der Waals surface area contributed by atoms with Crippen LogP contribution in [-0.2, 0) is 16.8 Å². The maximum absolute atomic E-state index is 9.60. The van der Waals surface area contributed by atoms with E-state index in [0.29, 0.717) is 0 Å². The molecule has 36 heavy (non-hydrogen) atoms. The normalized spacial score (nSPS) is 11.7. The van der Waals surface area contributed by atoms with E-state index in [1.54, 1.807) is 30.9 Å². The number of nitrogens with zero attached hydrogens (tertiary/aromatic N) is 5. The van der Waals surface area contributed by atoms with E-state index in [4.69, 9.17) is 0 Å². The van der Waals surface area contributed by atoms with Gasteiger partial charge in [-0.1, -0.05) is 46.1 Å². The van der Waals surface area contributed by atoms with Crippen molar-refractivity contribution in [3.8, 4) is 0 Å². The largest absolute Gasteiger partial charge is 0.792 e. The summed E-state index contributed by atoms with van der Waals surface area (Å²) in [5.74, 6) is 0. The van der Waals surface area contributed by atoms with Gasteiger partial charge in [0.15, 0.2) is 0 Å². The van der Waals surface area contributed by atoms with E-state index in [9.17, 15) is 20.8 Å². The minimum Gasteiger partial charge on any atom is -0.792 e. The Kier molecular flexibility index (Phi) is 37.6. The summed E-state index contributed by atoms with van der Waals surface area (Å²) in [4.78, 5) is 3.78. The van der Waals surface area contributed by atoms with Gasteiger partial charge < -0.3 is 41.5 Å². The molecule has 0 aliphatic rings. The van der Waals surface area contributed by atoms with Crippen molar-refractivity contribution in [3.05, 3.63) is 51.4 Å². The Morgan fingerprint density at radius 1 is 0.583 bits per heavy atom. The van der Waals surface area contributed by atoms with Gasteiger partial charge >= 0.3 is 0 Å². The summed E-state index contributed by atoms with van der Waals surface area (Å²) < 4.78 is 0. The second-order valence-electron chi connectivity index (χ2n) is 7.79. The molecule has 1 aromatic rings. The molecule has 0 saturated heterocycles. The molecular formula is C25H45CoN5O4P-3. The van der Waals surface area contributed by atoms with E-state index in [1.807, 2.05) is 18.2 Å². The van der Waals surface area contributed by atoms with Crippen molar-refractivity contribution in [2.24, 2.45) is 20.6 Å². The van der Waals surface area contributed by atoms with Crippen LogP contribution in [0.15, 0.2) is 51.2 Å². The Labute approximate surface area is 229 Å². The van der Waals surface area contributed by atoms with Gasteiger partial charge in [-0.15, -0.1) is 0 Å². The number of hydrogen-bond acceptors (Lipinski definition) is 9. The van der Waals surface area contributed by atoms with Crippen molar-refractivity contribution in [3.63, 3.8) is 0 Å². The summed E-state index contributed by atoms with van der Waals surface area (Å²) >= 11 is 0. The zero-order valence-corrected chi connectivity index (χ0v) is 25.0. The van der Waals surface area contributed by atoms with Gasteiger partial charge in [0, 0.05) is 59.9 Å². The molecule has 0 N–H and O–H groups in total. The van der Waals surface area contributed by atoms with Gasteiger partial charge in [0.1, 0.15) is 0 Å². The monoisotopic (exact) mass is 569 g/mol. The molecule has 0 aromatic carbocycles. The zero-order chi connectivity index (χ0) is 27.3. The average Bonchev–Trinajstić information content (AvgIpc) is 2.92.